The molecule has 2 amide bonds. The normalized spacial score (nSPS) is 12.1. The summed E-state index contributed by atoms with van der Waals surface area (Å²) in [5.74, 6) is -2.34. The van der Waals surface area contributed by atoms with Crippen LogP contribution in [0.25, 0.3) is 0 Å². The highest BCUT2D eigenvalue weighted by molar-refractivity contribution is 5.99. The van der Waals surface area contributed by atoms with Crippen LogP contribution in [0.2, 0.25) is 0 Å². The monoisotopic (exact) mass is 482 g/mol. The third-order valence-electron chi connectivity index (χ3n) is 5.37. The smallest absolute Gasteiger partial charge is 0.334 e. The van der Waals surface area contributed by atoms with Gasteiger partial charge in [0.1, 0.15) is 5.82 Å². The Balaban J connectivity index is 1.60. The van der Waals surface area contributed by atoms with E-state index in [1.165, 1.54) is 24.3 Å². The number of amides is 2. The van der Waals surface area contributed by atoms with Crippen LogP contribution in [0.5, 0.6) is 0 Å². The first-order valence-corrected chi connectivity index (χ1v) is 11.2. The summed E-state index contributed by atoms with van der Waals surface area (Å²) in [7, 11) is 0. The average molecular weight is 483 g/mol. The van der Waals surface area contributed by atoms with Gasteiger partial charge in [0.15, 0.2) is 6.04 Å². The number of esters is 1. The second kappa shape index (κ2) is 11.6. The number of ether oxygens (including phenoxy) is 1. The number of nitrogens with one attached hydrogen (secondary N) is 2. The maximum Gasteiger partial charge on any atom is 0.334 e. The Morgan fingerprint density at radius 3 is 1.78 bits per heavy atom. The molecular formula is C29H23FN2O4. The van der Waals surface area contributed by atoms with Crippen LogP contribution in [0.4, 0.5) is 10.1 Å². The molecule has 4 aromatic rings. The topological polar surface area (TPSA) is 84.5 Å². The number of carbonyl (C=O) groups is 3. The second-order valence-corrected chi connectivity index (χ2v) is 7.91. The van der Waals surface area contributed by atoms with Gasteiger partial charge in [-0.3, -0.25) is 9.59 Å². The molecule has 0 aliphatic heterocycles. The minimum absolute atomic E-state index is 0.343. The largest absolute Gasteiger partial charge is 0.445 e. The molecule has 0 saturated heterocycles. The van der Waals surface area contributed by atoms with Gasteiger partial charge < -0.3 is 15.4 Å². The summed E-state index contributed by atoms with van der Waals surface area (Å²) in [6.45, 7) is 0. The van der Waals surface area contributed by atoms with E-state index in [1.54, 1.807) is 91.0 Å². The van der Waals surface area contributed by atoms with Crippen LogP contribution in [0.1, 0.15) is 33.6 Å². The van der Waals surface area contributed by atoms with Crippen molar-refractivity contribution >= 4 is 23.5 Å². The number of carbonyl (C=O) groups excluding carboxylic acids is 3. The molecule has 6 nitrogen and oxygen atoms in total. The van der Waals surface area contributed by atoms with Crippen LogP contribution in [-0.4, -0.2) is 17.8 Å². The molecule has 0 aromatic heterocycles. The quantitative estimate of drug-likeness (QED) is 0.337. The molecule has 180 valence electrons. The Labute approximate surface area is 207 Å². The lowest BCUT2D eigenvalue weighted by Crippen LogP contribution is -2.37. The van der Waals surface area contributed by atoms with Crippen molar-refractivity contribution in [2.24, 2.45) is 0 Å². The molecule has 4 aromatic carbocycles. The van der Waals surface area contributed by atoms with Gasteiger partial charge in [0, 0.05) is 16.8 Å². The average Bonchev–Trinajstić information content (AvgIpc) is 2.92. The molecule has 0 aliphatic carbocycles. The van der Waals surface area contributed by atoms with Crippen molar-refractivity contribution in [3.05, 3.63) is 138 Å². The second-order valence-electron chi connectivity index (χ2n) is 7.91. The lowest BCUT2D eigenvalue weighted by molar-refractivity contribution is -0.156. The first kappa shape index (κ1) is 24.3. The van der Waals surface area contributed by atoms with Crippen LogP contribution in [0, 0.1) is 5.82 Å². The predicted molar refractivity (Wildman–Crippen MR) is 133 cm³/mol. The number of rotatable bonds is 8. The van der Waals surface area contributed by atoms with E-state index in [1.807, 2.05) is 0 Å². The lowest BCUT2D eigenvalue weighted by Gasteiger charge is -2.23. The Bertz CT molecular complexity index is 1310. The number of hydrogen-bond donors (Lipinski definition) is 2. The Morgan fingerprint density at radius 2 is 1.19 bits per heavy atom. The van der Waals surface area contributed by atoms with Crippen LogP contribution < -0.4 is 10.6 Å². The summed E-state index contributed by atoms with van der Waals surface area (Å²) >= 11 is 0. The molecular weight excluding hydrogens is 459 g/mol. The predicted octanol–water partition coefficient (Wildman–Crippen LogP) is 5.22. The fourth-order valence-electron chi connectivity index (χ4n) is 3.55. The van der Waals surface area contributed by atoms with E-state index in [0.29, 0.717) is 22.4 Å². The fourth-order valence-corrected chi connectivity index (χ4v) is 3.55. The Kier molecular flexibility index (Phi) is 7.83. The van der Waals surface area contributed by atoms with E-state index in [4.69, 9.17) is 4.74 Å². The van der Waals surface area contributed by atoms with Gasteiger partial charge in [-0.15, -0.1) is 0 Å². The first-order chi connectivity index (χ1) is 17.5. The van der Waals surface area contributed by atoms with E-state index in [2.05, 4.69) is 10.6 Å². The maximum atomic E-state index is 13.4. The molecule has 0 heterocycles. The molecule has 0 fully saturated rings. The van der Waals surface area contributed by atoms with Crippen molar-refractivity contribution in [1.82, 2.24) is 5.32 Å². The molecule has 0 aliphatic rings. The van der Waals surface area contributed by atoms with Crippen molar-refractivity contribution in [1.29, 1.82) is 0 Å². The van der Waals surface area contributed by atoms with Gasteiger partial charge in [-0.05, 0) is 42.0 Å². The highest BCUT2D eigenvalue weighted by atomic mass is 19.1. The molecule has 36 heavy (non-hydrogen) atoms. The van der Waals surface area contributed by atoms with Gasteiger partial charge in [-0.1, -0.05) is 78.9 Å². The number of benzene rings is 4. The zero-order chi connectivity index (χ0) is 25.3. The summed E-state index contributed by atoms with van der Waals surface area (Å²) < 4.78 is 19.0. The number of halogens is 1. The van der Waals surface area contributed by atoms with Gasteiger partial charge >= 0.3 is 5.97 Å². The van der Waals surface area contributed by atoms with Crippen molar-refractivity contribution in [3.63, 3.8) is 0 Å². The summed E-state index contributed by atoms with van der Waals surface area (Å²) in [5.41, 5.74) is 1.65. The zero-order valence-electron chi connectivity index (χ0n) is 19.1. The summed E-state index contributed by atoms with van der Waals surface area (Å²) in [5, 5.41) is 5.36. The SMILES string of the molecule is O=C(N[C@@H](C(=O)O[C@@H](C(=O)Nc1ccc(F)cc1)c1ccccc1)c1ccccc1)c1ccccc1. The lowest BCUT2D eigenvalue weighted by atomic mass is 10.1. The molecule has 0 saturated carbocycles. The number of anilines is 1. The number of hydrogen-bond acceptors (Lipinski definition) is 4. The van der Waals surface area contributed by atoms with Gasteiger partial charge in [0.05, 0.1) is 0 Å². The fraction of sp³-hybridized carbons (Fsp3) is 0.0690. The van der Waals surface area contributed by atoms with Crippen molar-refractivity contribution in [3.8, 4) is 0 Å². The van der Waals surface area contributed by atoms with E-state index in [-0.39, 0.29) is 0 Å². The van der Waals surface area contributed by atoms with E-state index < -0.39 is 35.7 Å². The Hall–Kier alpha value is -4.78. The van der Waals surface area contributed by atoms with Crippen LogP contribution in [0.15, 0.2) is 115 Å². The van der Waals surface area contributed by atoms with Gasteiger partial charge in [0.2, 0.25) is 6.10 Å². The molecule has 4 rings (SSSR count). The van der Waals surface area contributed by atoms with Gasteiger partial charge in [-0.25, -0.2) is 9.18 Å². The summed E-state index contributed by atoms with van der Waals surface area (Å²) in [4.78, 5) is 39.5. The van der Waals surface area contributed by atoms with Gasteiger partial charge in [0.25, 0.3) is 11.8 Å². The summed E-state index contributed by atoms with van der Waals surface area (Å²) in [6.07, 6.45) is -1.32. The van der Waals surface area contributed by atoms with E-state index in [0.717, 1.165) is 0 Å². The highest BCUT2D eigenvalue weighted by Gasteiger charge is 2.31. The molecule has 0 spiro atoms. The van der Waals surface area contributed by atoms with Crippen molar-refractivity contribution in [2.75, 3.05) is 5.32 Å². The van der Waals surface area contributed by atoms with E-state index in [9.17, 15) is 18.8 Å². The zero-order valence-corrected chi connectivity index (χ0v) is 19.1. The molecule has 0 bridgehead atoms. The highest BCUT2D eigenvalue weighted by Crippen LogP contribution is 2.24. The minimum atomic E-state index is -1.32. The molecule has 0 radical (unpaired) electrons. The van der Waals surface area contributed by atoms with Gasteiger partial charge in [-0.2, -0.15) is 0 Å². The standard InChI is InChI=1S/C29H23FN2O4/c30-23-16-18-24(19-17-23)31-28(34)26(21-12-6-2-7-13-21)36-29(35)25(20-10-4-1-5-11-20)32-27(33)22-14-8-3-9-15-22/h1-19,25-26H,(H,31,34)(H,32,33)/t25-,26-/m1/s1. The first-order valence-electron chi connectivity index (χ1n) is 11.2. The van der Waals surface area contributed by atoms with E-state index >= 15 is 0 Å². The third-order valence-corrected chi connectivity index (χ3v) is 5.37. The maximum absolute atomic E-state index is 13.4. The van der Waals surface area contributed by atoms with Crippen molar-refractivity contribution in [2.45, 2.75) is 12.1 Å². The minimum Gasteiger partial charge on any atom is -0.445 e. The third kappa shape index (κ3) is 6.21. The van der Waals surface area contributed by atoms with Crippen LogP contribution in [0.3, 0.4) is 0 Å². The van der Waals surface area contributed by atoms with Crippen LogP contribution >= 0.6 is 0 Å². The van der Waals surface area contributed by atoms with Crippen LogP contribution in [-0.2, 0) is 14.3 Å². The Morgan fingerprint density at radius 1 is 0.667 bits per heavy atom. The van der Waals surface area contributed by atoms with Crippen molar-refractivity contribution < 1.29 is 23.5 Å². The molecule has 7 heteroatoms. The molecule has 0 unspecified atom stereocenters. The molecule has 2 N–H and O–H groups in total. The summed E-state index contributed by atoms with van der Waals surface area (Å²) in [6, 6.07) is 29.7. The molecule has 2 atom stereocenters.